The molecule has 0 spiro atoms. The fraction of sp³-hybridized carbons (Fsp3) is 0.585. The highest BCUT2D eigenvalue weighted by Crippen LogP contribution is 2.34. The Kier molecular flexibility index (Phi) is 13.4. The average Bonchev–Trinajstić information content (AvgIpc) is 3.65. The monoisotopic (exact) mass is 787 g/mol. The lowest BCUT2D eigenvalue weighted by molar-refractivity contribution is -0.141. The SMILES string of the molecule is CC(C)(O)c1cnnn1[C@H]1C[C@@H](C(=O)NC(CCCCNC(=O)NC2CC2)C(O)C(N)=O)N(C(=O)C(CC2CCCCC2)NC(=O)c2ccc3ccccc3c2)C1. The van der Waals surface area contributed by atoms with Gasteiger partial charge >= 0.3 is 6.03 Å². The Morgan fingerprint density at radius 1 is 0.965 bits per heavy atom. The number of primary amides is 1. The van der Waals surface area contributed by atoms with E-state index in [0.717, 1.165) is 55.7 Å². The number of fused-ring (bicyclic) bond motifs is 1. The number of hydrogen-bond donors (Lipinski definition) is 7. The lowest BCUT2D eigenvalue weighted by Gasteiger charge is -2.32. The van der Waals surface area contributed by atoms with E-state index in [2.05, 4.69) is 31.6 Å². The van der Waals surface area contributed by atoms with Gasteiger partial charge in [0.2, 0.25) is 17.7 Å². The average molecular weight is 788 g/mol. The van der Waals surface area contributed by atoms with Crippen LogP contribution < -0.4 is 27.0 Å². The molecule has 57 heavy (non-hydrogen) atoms. The van der Waals surface area contributed by atoms with Crippen LogP contribution in [0.25, 0.3) is 10.8 Å². The molecule has 3 aromatic rings. The highest BCUT2D eigenvalue weighted by Gasteiger charge is 2.45. The van der Waals surface area contributed by atoms with Gasteiger partial charge in [0.1, 0.15) is 17.7 Å². The number of aliphatic hydroxyl groups excluding tert-OH is 1. The fourth-order valence-electron chi connectivity index (χ4n) is 8.13. The van der Waals surface area contributed by atoms with Crippen molar-refractivity contribution in [3.63, 3.8) is 0 Å². The minimum Gasteiger partial charge on any atom is -0.384 e. The summed E-state index contributed by atoms with van der Waals surface area (Å²) in [6.07, 6.45) is 8.26. The lowest BCUT2D eigenvalue weighted by Crippen LogP contribution is -2.57. The smallest absolute Gasteiger partial charge is 0.315 e. The molecule has 1 aromatic heterocycles. The van der Waals surface area contributed by atoms with Crippen LogP contribution in [0.4, 0.5) is 4.79 Å². The quantitative estimate of drug-likeness (QED) is 0.0995. The number of likely N-dealkylation sites (tertiary alicyclic amines) is 1. The first-order valence-electron chi connectivity index (χ1n) is 20.3. The Morgan fingerprint density at radius 2 is 1.70 bits per heavy atom. The van der Waals surface area contributed by atoms with Crippen LogP contribution in [0.15, 0.2) is 48.7 Å². The minimum absolute atomic E-state index is 0.0218. The molecule has 6 amide bonds. The topological polar surface area (TPSA) is 234 Å². The number of amides is 6. The first-order chi connectivity index (χ1) is 27.3. The van der Waals surface area contributed by atoms with Crippen LogP contribution >= 0.6 is 0 Å². The molecule has 2 aliphatic carbocycles. The predicted molar refractivity (Wildman–Crippen MR) is 211 cm³/mol. The van der Waals surface area contributed by atoms with E-state index in [9.17, 15) is 34.2 Å². The van der Waals surface area contributed by atoms with Crippen molar-refractivity contribution >= 4 is 40.4 Å². The van der Waals surface area contributed by atoms with Crippen LogP contribution in [0.1, 0.15) is 113 Å². The van der Waals surface area contributed by atoms with Crippen molar-refractivity contribution in [3.8, 4) is 0 Å². The van der Waals surface area contributed by atoms with Crippen LogP contribution in [-0.2, 0) is 20.0 Å². The number of unbranched alkanes of at least 4 members (excludes halogenated alkanes) is 1. The number of aliphatic hydroxyl groups is 2. The minimum atomic E-state index is -1.71. The molecule has 16 nitrogen and oxygen atoms in total. The Labute approximate surface area is 332 Å². The van der Waals surface area contributed by atoms with E-state index in [0.29, 0.717) is 37.1 Å². The molecule has 5 atom stereocenters. The van der Waals surface area contributed by atoms with E-state index < -0.39 is 59.5 Å². The second-order valence-electron chi connectivity index (χ2n) is 16.5. The van der Waals surface area contributed by atoms with Crippen molar-refractivity contribution in [1.29, 1.82) is 0 Å². The van der Waals surface area contributed by atoms with Crippen LogP contribution in [-0.4, -0.2) is 103 Å². The van der Waals surface area contributed by atoms with Crippen LogP contribution in [0.2, 0.25) is 0 Å². The molecule has 1 aliphatic heterocycles. The summed E-state index contributed by atoms with van der Waals surface area (Å²) < 4.78 is 1.53. The van der Waals surface area contributed by atoms with E-state index in [1.807, 2.05) is 30.3 Å². The zero-order valence-electron chi connectivity index (χ0n) is 32.9. The number of aromatic nitrogens is 3. The van der Waals surface area contributed by atoms with Crippen molar-refractivity contribution in [2.24, 2.45) is 11.7 Å². The van der Waals surface area contributed by atoms with Gasteiger partial charge in [0.05, 0.1) is 24.0 Å². The lowest BCUT2D eigenvalue weighted by atomic mass is 9.84. The number of nitrogens with two attached hydrogens (primary N) is 1. The molecule has 3 fully saturated rings. The maximum absolute atomic E-state index is 14.9. The number of benzene rings is 2. The summed E-state index contributed by atoms with van der Waals surface area (Å²) in [5.41, 5.74) is 4.98. The Morgan fingerprint density at radius 3 is 2.40 bits per heavy atom. The molecule has 6 rings (SSSR count). The molecule has 0 bridgehead atoms. The molecule has 2 saturated carbocycles. The van der Waals surface area contributed by atoms with Gasteiger partial charge in [-0.05, 0) is 81.2 Å². The number of nitrogens with one attached hydrogen (secondary N) is 4. The van der Waals surface area contributed by atoms with Crippen molar-refractivity contribution in [2.75, 3.05) is 13.1 Å². The van der Waals surface area contributed by atoms with Gasteiger partial charge < -0.3 is 42.1 Å². The Hall–Kier alpha value is -5.09. The highest BCUT2D eigenvalue weighted by molar-refractivity contribution is 6.01. The van der Waals surface area contributed by atoms with E-state index >= 15 is 0 Å². The standard InChI is InChI=1S/C41H57N9O7/c1-41(2,57)34-23-44-48-50(34)30-22-33(38(54)46-31(35(51)36(42)52)14-8-9-19-43-40(56)45-29-17-18-29)49(24-30)39(55)32(20-25-10-4-3-5-11-25)47-37(53)28-16-15-26-12-6-7-13-27(26)21-28/h6-7,12-13,15-16,21,23,25,29-33,35,51,57H,3-5,8-11,14,17-20,22,24H2,1-2H3,(H2,42,52)(H,46,54)(H,47,53)(H2,43,45,56)/t30-,31?,32?,33-,35?/m0/s1. The largest absolute Gasteiger partial charge is 0.384 e. The van der Waals surface area contributed by atoms with Gasteiger partial charge in [0.15, 0.2) is 6.10 Å². The van der Waals surface area contributed by atoms with Gasteiger partial charge in [-0.1, -0.05) is 67.6 Å². The Balaban J connectivity index is 1.23. The van der Waals surface area contributed by atoms with Gasteiger partial charge in [-0.25, -0.2) is 9.48 Å². The molecule has 308 valence electrons. The number of carbonyl (C=O) groups excluding carboxylic acids is 5. The van der Waals surface area contributed by atoms with Gasteiger partial charge in [-0.15, -0.1) is 5.10 Å². The second-order valence-corrected chi connectivity index (χ2v) is 16.5. The van der Waals surface area contributed by atoms with Crippen LogP contribution in [0.3, 0.4) is 0 Å². The van der Waals surface area contributed by atoms with Gasteiger partial charge in [0, 0.05) is 31.1 Å². The number of hydrogen-bond acceptors (Lipinski definition) is 9. The summed E-state index contributed by atoms with van der Waals surface area (Å²) >= 11 is 0. The zero-order chi connectivity index (χ0) is 40.7. The summed E-state index contributed by atoms with van der Waals surface area (Å²) in [5, 5.41) is 43.4. The van der Waals surface area contributed by atoms with Gasteiger partial charge in [0.25, 0.3) is 5.91 Å². The van der Waals surface area contributed by atoms with E-state index in [1.54, 1.807) is 26.0 Å². The predicted octanol–water partition coefficient (Wildman–Crippen LogP) is 2.53. The van der Waals surface area contributed by atoms with E-state index in [1.165, 1.54) is 15.8 Å². The molecule has 3 aliphatic rings. The zero-order valence-corrected chi connectivity index (χ0v) is 32.9. The van der Waals surface area contributed by atoms with Crippen molar-refractivity contribution in [3.05, 3.63) is 59.9 Å². The van der Waals surface area contributed by atoms with Crippen LogP contribution in [0, 0.1) is 5.92 Å². The summed E-state index contributed by atoms with van der Waals surface area (Å²) in [7, 11) is 0. The Bertz CT molecular complexity index is 1900. The van der Waals surface area contributed by atoms with Crippen LogP contribution in [0.5, 0.6) is 0 Å². The molecular formula is C41H57N9O7. The summed E-state index contributed by atoms with van der Waals surface area (Å²) in [6, 6.07) is 9.35. The number of carbonyl (C=O) groups is 5. The van der Waals surface area contributed by atoms with Crippen molar-refractivity contribution in [2.45, 2.75) is 133 Å². The first kappa shape index (κ1) is 41.5. The summed E-state index contributed by atoms with van der Waals surface area (Å²) in [6.45, 7) is 3.57. The molecule has 3 unspecified atom stereocenters. The summed E-state index contributed by atoms with van der Waals surface area (Å²) in [5.74, 6) is -2.28. The molecule has 1 saturated heterocycles. The molecule has 16 heteroatoms. The van der Waals surface area contributed by atoms with Gasteiger partial charge in [-0.3, -0.25) is 19.2 Å². The molecular weight excluding hydrogens is 731 g/mol. The number of rotatable bonds is 17. The molecule has 0 radical (unpaired) electrons. The maximum atomic E-state index is 14.9. The fourth-order valence-corrected chi connectivity index (χ4v) is 8.13. The number of urea groups is 1. The maximum Gasteiger partial charge on any atom is 0.315 e. The molecule has 8 N–H and O–H groups in total. The third-order valence-electron chi connectivity index (χ3n) is 11.5. The third kappa shape index (κ3) is 10.9. The second kappa shape index (κ2) is 18.4. The number of nitrogens with zero attached hydrogens (tertiary/aromatic N) is 4. The van der Waals surface area contributed by atoms with E-state index in [4.69, 9.17) is 5.73 Å². The van der Waals surface area contributed by atoms with E-state index in [-0.39, 0.29) is 37.4 Å². The molecule has 2 heterocycles. The van der Waals surface area contributed by atoms with Crippen molar-refractivity contribution in [1.82, 2.24) is 41.2 Å². The molecule has 2 aromatic carbocycles. The van der Waals surface area contributed by atoms with Gasteiger partial charge in [-0.2, -0.15) is 0 Å². The third-order valence-corrected chi connectivity index (χ3v) is 11.5. The summed E-state index contributed by atoms with van der Waals surface area (Å²) in [4.78, 5) is 68.8. The normalized spacial score (nSPS) is 20.4. The first-order valence-corrected chi connectivity index (χ1v) is 20.3. The highest BCUT2D eigenvalue weighted by atomic mass is 16.3. The van der Waals surface area contributed by atoms with Crippen molar-refractivity contribution < 1.29 is 34.2 Å².